The van der Waals surface area contributed by atoms with E-state index in [9.17, 15) is 0 Å². The molecule has 0 aliphatic carbocycles. The van der Waals surface area contributed by atoms with Crippen molar-refractivity contribution < 1.29 is 4.40 Å². The van der Waals surface area contributed by atoms with Crippen LogP contribution in [0.15, 0.2) is 376 Å². The highest BCUT2D eigenvalue weighted by molar-refractivity contribution is 5.92. The molecule has 0 spiro atoms. The zero-order valence-electron chi connectivity index (χ0n) is 58.8. The lowest BCUT2D eigenvalue weighted by molar-refractivity contribution is 0.590. The molecule has 17 aromatic rings. The summed E-state index contributed by atoms with van der Waals surface area (Å²) < 4.78 is 14.3. The van der Waals surface area contributed by atoms with Crippen LogP contribution in [0.1, 0.15) is 30.7 Å². The standard InChI is InChI=1S/C39H27N3.C30H27N3.C24H17N3.2H2/c1-4-13-28(14-5-1)31-19-10-22-34(25-31)37-40-38(35-23-11-20-32(26-35)29-15-6-2-7-16-29)42-39(41-37)36-24-12-21-33(27-36)30-17-8-3-9-18-30;1-30(2,3)26-20-18-25(19-21-26)29-32-31-28(33(29)27-12-8-5-9-13-27)24-16-14-23(15-17-24)22-10-6-4-7-11-22;1-3-11-19(12-4-1)23-25-26-24(20-13-5-2-6-14-20)27(23)22-17-9-15-18-10-7-8-16-21(18)22;;/h1-27H;4-21H,1-3H3;1-17H;2*1H/i;;;1+2T;1+2. The van der Waals surface area contributed by atoms with Crippen LogP contribution in [-0.4, -0.2) is 44.5 Å². The minimum atomic E-state index is 0. The first-order chi connectivity index (χ1) is 51.2. The van der Waals surface area contributed by atoms with Gasteiger partial charge >= 0.3 is 0 Å². The van der Waals surface area contributed by atoms with E-state index >= 15 is 0 Å². The van der Waals surface area contributed by atoms with Gasteiger partial charge in [0.2, 0.25) is 0 Å². The number of aromatic nitrogens is 9. The Morgan fingerprint density at radius 2 is 0.500 bits per heavy atom. The lowest BCUT2D eigenvalue weighted by Crippen LogP contribution is -2.10. The third-order valence-electron chi connectivity index (χ3n) is 18.0. The topological polar surface area (TPSA) is 100 Å². The Morgan fingerprint density at radius 1 is 0.235 bits per heavy atom. The van der Waals surface area contributed by atoms with Crippen LogP contribution in [-0.2, 0) is 5.41 Å². The quantitative estimate of drug-likeness (QED) is 0.113. The summed E-state index contributed by atoms with van der Waals surface area (Å²) in [5, 5.41) is 20.7. The van der Waals surface area contributed by atoms with Crippen molar-refractivity contribution in [3.8, 4) is 136 Å². The van der Waals surface area contributed by atoms with Crippen LogP contribution in [0.5, 0.6) is 0 Å². The van der Waals surface area contributed by atoms with Gasteiger partial charge in [-0.15, -0.1) is 20.4 Å². The SMILES string of the molecule is CC(C)(C)c1ccc(-c2nnc(-c3ccc(-c4ccccc4)cc3)n2-c2ccccc2)cc1.[3HH].[3H][3H].c1ccc(-c2cccc(-c3nc(-c4cccc(-c5ccccc5)c4)nc(-c4cccc(-c5ccccc5)c4)n3)c2)cc1.c1ccc(-c2nnc(-c3ccccc3)n2-c2cccc3ccccc23)cc1. The van der Waals surface area contributed by atoms with Crippen LogP contribution in [0.4, 0.5) is 0 Å². The Kier molecular flexibility index (Phi) is 18.5. The highest BCUT2D eigenvalue weighted by Crippen LogP contribution is 2.37. The molecular formula is C93H75N9. The molecule has 0 aliphatic rings. The lowest BCUT2D eigenvalue weighted by Gasteiger charge is -2.19. The molecule has 9 nitrogen and oxygen atoms in total. The molecule has 3 aromatic heterocycles. The molecule has 0 aliphatic heterocycles. The molecule has 3 heterocycles. The van der Waals surface area contributed by atoms with Crippen molar-refractivity contribution >= 4 is 10.8 Å². The van der Waals surface area contributed by atoms with Crippen LogP contribution in [0.25, 0.3) is 146 Å². The van der Waals surface area contributed by atoms with E-state index in [4.69, 9.17) is 17.9 Å². The molecule has 0 amide bonds. The highest BCUT2D eigenvalue weighted by atomic mass is 15.3. The minimum Gasteiger partial charge on any atom is -0.275 e. The molecule has 0 fully saturated rings. The molecular weight excluding hydrogens is 1240 g/mol. The number of nitrogens with zero attached hydrogens (tertiary/aromatic N) is 9. The van der Waals surface area contributed by atoms with Crippen LogP contribution in [0, 0.1) is 0 Å². The first-order valence-electron chi connectivity index (χ1n) is 35.3. The van der Waals surface area contributed by atoms with Crippen LogP contribution >= 0.6 is 0 Å². The molecule has 0 saturated carbocycles. The number of benzene rings is 14. The number of fused-ring (bicyclic) bond motifs is 1. The van der Waals surface area contributed by atoms with Crippen LogP contribution < -0.4 is 0 Å². The maximum absolute atomic E-state index is 5.03. The molecule has 9 heteroatoms. The molecule has 0 atom stereocenters. The van der Waals surface area contributed by atoms with E-state index in [0.29, 0.717) is 17.5 Å². The molecule has 0 radical (unpaired) electrons. The van der Waals surface area contributed by atoms with E-state index in [0.717, 1.165) is 107 Å². The van der Waals surface area contributed by atoms with E-state index in [1.807, 2.05) is 78.9 Å². The van der Waals surface area contributed by atoms with E-state index in [2.05, 4.69) is 348 Å². The van der Waals surface area contributed by atoms with E-state index in [-0.39, 0.29) is 6.84 Å². The fourth-order valence-electron chi connectivity index (χ4n) is 12.7. The van der Waals surface area contributed by atoms with Gasteiger partial charge in [0.05, 0.1) is 5.69 Å². The molecule has 0 bridgehead atoms. The monoisotopic (exact) mass is 1320 g/mol. The highest BCUT2D eigenvalue weighted by Gasteiger charge is 2.22. The Hall–Kier alpha value is -13.4. The second kappa shape index (κ2) is 29.8. The molecule has 17 rings (SSSR count). The van der Waals surface area contributed by atoms with Crippen molar-refractivity contribution in [2.45, 2.75) is 26.2 Å². The zero-order chi connectivity index (χ0) is 71.0. The van der Waals surface area contributed by atoms with Crippen molar-refractivity contribution in [2.24, 2.45) is 0 Å². The first-order valence-corrected chi connectivity index (χ1v) is 34.3. The molecule has 492 valence electrons. The Labute approximate surface area is 599 Å². The van der Waals surface area contributed by atoms with E-state index < -0.39 is 0 Å². The third kappa shape index (κ3) is 14.5. The first kappa shape index (κ1) is 63.4. The van der Waals surface area contributed by atoms with Gasteiger partial charge in [-0.1, -0.05) is 360 Å². The van der Waals surface area contributed by atoms with E-state index in [1.54, 1.807) is 0 Å². The Balaban J connectivity index is 0.000000141. The molecule has 0 unspecified atom stereocenters. The van der Waals surface area contributed by atoms with Gasteiger partial charge < -0.3 is 0 Å². The summed E-state index contributed by atoms with van der Waals surface area (Å²) in [5.74, 6) is 5.27. The van der Waals surface area contributed by atoms with Gasteiger partial charge in [-0.2, -0.15) is 0 Å². The average Bonchev–Trinajstić information content (AvgIpc) is 1.63. The lowest BCUT2D eigenvalue weighted by atomic mass is 9.86. The molecule has 0 N–H and O–H groups in total. The second-order valence-corrected chi connectivity index (χ2v) is 25.8. The van der Waals surface area contributed by atoms with E-state index in [1.165, 1.54) is 27.5 Å². The summed E-state index contributed by atoms with van der Waals surface area (Å²) in [7, 11) is 0. The van der Waals surface area contributed by atoms with Crippen molar-refractivity contribution in [1.82, 2.24) is 44.5 Å². The smallest absolute Gasteiger partial charge is 0.168 e. The largest absolute Gasteiger partial charge is 0.275 e. The minimum absolute atomic E-state index is 0. The van der Waals surface area contributed by atoms with Crippen LogP contribution in [0.2, 0.25) is 0 Å². The normalized spacial score (nSPS) is 11.2. The van der Waals surface area contributed by atoms with Gasteiger partial charge in [0.1, 0.15) is 0 Å². The summed E-state index contributed by atoms with van der Waals surface area (Å²) >= 11 is 0. The third-order valence-corrected chi connectivity index (χ3v) is 18.0. The Bertz CT molecular complexity index is 5340. The number of para-hydroxylation sites is 1. The molecule has 0 saturated heterocycles. The van der Waals surface area contributed by atoms with Crippen molar-refractivity contribution in [1.29, 1.82) is 0 Å². The van der Waals surface area contributed by atoms with Gasteiger partial charge in [0.15, 0.2) is 40.8 Å². The molecule has 14 aromatic carbocycles. The predicted molar refractivity (Wildman–Crippen MR) is 423 cm³/mol. The summed E-state index contributed by atoms with van der Waals surface area (Å²) in [4.78, 5) is 15.1. The van der Waals surface area contributed by atoms with Gasteiger partial charge in [-0.25, -0.2) is 15.0 Å². The summed E-state index contributed by atoms with van der Waals surface area (Å²) in [6.07, 6.45) is 0. The second-order valence-electron chi connectivity index (χ2n) is 25.8. The van der Waals surface area contributed by atoms with Gasteiger partial charge in [-0.05, 0) is 97.3 Å². The maximum atomic E-state index is 5.03. The summed E-state index contributed by atoms with van der Waals surface area (Å²) in [6.45, 7) is 6.68. The predicted octanol–water partition coefficient (Wildman–Crippen LogP) is 23.7. The maximum Gasteiger partial charge on any atom is 0.168 e. The van der Waals surface area contributed by atoms with Gasteiger partial charge in [-0.3, -0.25) is 9.13 Å². The summed E-state index contributed by atoms with van der Waals surface area (Å²) in [5.41, 5.74) is 19.7. The fraction of sp³-hybridized carbons (Fsp3) is 0.0430. The summed E-state index contributed by atoms with van der Waals surface area (Å²) in [6, 6.07) is 129. The van der Waals surface area contributed by atoms with Crippen molar-refractivity contribution in [3.05, 3.63) is 382 Å². The van der Waals surface area contributed by atoms with Crippen LogP contribution in [0.3, 0.4) is 0 Å². The van der Waals surface area contributed by atoms with Crippen molar-refractivity contribution in [3.63, 3.8) is 0 Å². The zero-order valence-corrected chi connectivity index (χ0v) is 56.8. The average molecular weight is 1320 g/mol. The van der Waals surface area contributed by atoms with Gasteiger partial charge in [0.25, 0.3) is 0 Å². The number of hydrogen-bond acceptors (Lipinski definition) is 7. The number of hydrogen-bond donors (Lipinski definition) is 0. The van der Waals surface area contributed by atoms with Crippen molar-refractivity contribution in [2.75, 3.05) is 0 Å². The number of rotatable bonds is 13. The fourth-order valence-corrected chi connectivity index (χ4v) is 12.7. The Morgan fingerprint density at radius 3 is 0.892 bits per heavy atom. The molecule has 102 heavy (non-hydrogen) atoms. The van der Waals surface area contributed by atoms with Gasteiger partial charge in [0, 0.05) is 54.4 Å².